The second kappa shape index (κ2) is 7.08. The topological polar surface area (TPSA) is 9.23 Å². The SMILES string of the molecule is CC(C)=C=CC(C)(OCc1ccccc1)c1ccccc1. The number of ether oxygens (including phenoxy) is 1. The first kappa shape index (κ1) is 15.3. The van der Waals surface area contributed by atoms with E-state index in [4.69, 9.17) is 4.74 Å². The number of hydrogen-bond acceptors (Lipinski definition) is 1. The van der Waals surface area contributed by atoms with Gasteiger partial charge in [-0.25, -0.2) is 0 Å². The van der Waals surface area contributed by atoms with Crippen LogP contribution in [0.25, 0.3) is 0 Å². The van der Waals surface area contributed by atoms with Gasteiger partial charge in [0.1, 0.15) is 5.60 Å². The van der Waals surface area contributed by atoms with Gasteiger partial charge in [-0.15, -0.1) is 5.73 Å². The molecule has 0 radical (unpaired) electrons. The third kappa shape index (κ3) is 4.46. The van der Waals surface area contributed by atoms with Crippen LogP contribution in [0.2, 0.25) is 0 Å². The second-order valence-corrected chi connectivity index (χ2v) is 5.54. The summed E-state index contributed by atoms with van der Waals surface area (Å²) < 4.78 is 6.22. The fourth-order valence-corrected chi connectivity index (χ4v) is 2.07. The fourth-order valence-electron chi connectivity index (χ4n) is 2.07. The van der Waals surface area contributed by atoms with Crippen LogP contribution in [-0.2, 0) is 16.9 Å². The summed E-state index contributed by atoms with van der Waals surface area (Å²) in [6, 6.07) is 20.5. The molecule has 0 aliphatic carbocycles. The van der Waals surface area contributed by atoms with E-state index in [0.717, 1.165) is 11.1 Å². The van der Waals surface area contributed by atoms with Gasteiger partial charge in [-0.05, 0) is 43.5 Å². The lowest BCUT2D eigenvalue weighted by Crippen LogP contribution is -2.23. The van der Waals surface area contributed by atoms with Gasteiger partial charge in [0.2, 0.25) is 0 Å². The van der Waals surface area contributed by atoms with Gasteiger partial charge >= 0.3 is 0 Å². The zero-order valence-electron chi connectivity index (χ0n) is 13.0. The van der Waals surface area contributed by atoms with E-state index < -0.39 is 5.60 Å². The highest BCUT2D eigenvalue weighted by Crippen LogP contribution is 2.28. The average Bonchev–Trinajstić information content (AvgIpc) is 2.53. The maximum absolute atomic E-state index is 6.22. The van der Waals surface area contributed by atoms with E-state index in [2.05, 4.69) is 36.9 Å². The molecule has 0 saturated heterocycles. The Hall–Kier alpha value is -2.08. The van der Waals surface area contributed by atoms with E-state index in [9.17, 15) is 0 Å². The summed E-state index contributed by atoms with van der Waals surface area (Å²) >= 11 is 0. The molecule has 0 bridgehead atoms. The van der Waals surface area contributed by atoms with Gasteiger partial charge in [0, 0.05) is 0 Å². The average molecular weight is 278 g/mol. The number of hydrogen-bond donors (Lipinski definition) is 0. The van der Waals surface area contributed by atoms with E-state index in [1.165, 1.54) is 5.56 Å². The summed E-state index contributed by atoms with van der Waals surface area (Å²) in [5, 5.41) is 0. The monoisotopic (exact) mass is 278 g/mol. The molecule has 2 aromatic carbocycles. The first-order valence-corrected chi connectivity index (χ1v) is 7.25. The Morgan fingerprint density at radius 3 is 2.14 bits per heavy atom. The van der Waals surface area contributed by atoms with Gasteiger partial charge < -0.3 is 4.74 Å². The molecule has 1 unspecified atom stereocenters. The van der Waals surface area contributed by atoms with Crippen molar-refractivity contribution in [3.8, 4) is 0 Å². The van der Waals surface area contributed by atoms with Crippen molar-refractivity contribution in [3.05, 3.63) is 89.2 Å². The van der Waals surface area contributed by atoms with Crippen LogP contribution in [0.5, 0.6) is 0 Å². The minimum Gasteiger partial charge on any atom is -0.361 e. The smallest absolute Gasteiger partial charge is 0.116 e. The van der Waals surface area contributed by atoms with Crippen LogP contribution in [0, 0.1) is 0 Å². The lowest BCUT2D eigenvalue weighted by atomic mass is 9.95. The fraction of sp³-hybridized carbons (Fsp3) is 0.250. The number of rotatable bonds is 5. The lowest BCUT2D eigenvalue weighted by molar-refractivity contribution is -0.0104. The van der Waals surface area contributed by atoms with Crippen LogP contribution in [0.3, 0.4) is 0 Å². The van der Waals surface area contributed by atoms with E-state index in [1.54, 1.807) is 0 Å². The highest BCUT2D eigenvalue weighted by molar-refractivity contribution is 5.27. The van der Waals surface area contributed by atoms with Crippen molar-refractivity contribution in [1.29, 1.82) is 0 Å². The molecule has 0 saturated carbocycles. The molecule has 2 aromatic rings. The van der Waals surface area contributed by atoms with Gasteiger partial charge in [0.15, 0.2) is 0 Å². The highest BCUT2D eigenvalue weighted by atomic mass is 16.5. The van der Waals surface area contributed by atoms with Gasteiger partial charge in [0.25, 0.3) is 0 Å². The Morgan fingerprint density at radius 2 is 1.57 bits per heavy atom. The predicted molar refractivity (Wildman–Crippen MR) is 88.0 cm³/mol. The Labute approximate surface area is 127 Å². The van der Waals surface area contributed by atoms with E-state index in [1.807, 2.05) is 56.3 Å². The molecule has 1 nitrogen and oxygen atoms in total. The first-order valence-electron chi connectivity index (χ1n) is 7.25. The Bertz CT molecular complexity index is 617. The normalized spacial score (nSPS) is 13.1. The van der Waals surface area contributed by atoms with Crippen molar-refractivity contribution in [1.82, 2.24) is 0 Å². The Morgan fingerprint density at radius 1 is 1.00 bits per heavy atom. The number of benzene rings is 2. The van der Waals surface area contributed by atoms with Crippen LogP contribution >= 0.6 is 0 Å². The molecule has 0 N–H and O–H groups in total. The van der Waals surface area contributed by atoms with Crippen molar-refractivity contribution >= 4 is 0 Å². The van der Waals surface area contributed by atoms with Crippen LogP contribution in [0.15, 0.2) is 78.0 Å². The summed E-state index contributed by atoms with van der Waals surface area (Å²) in [7, 11) is 0. The Kier molecular flexibility index (Phi) is 5.16. The third-order valence-corrected chi connectivity index (χ3v) is 3.36. The summed E-state index contributed by atoms with van der Waals surface area (Å²) in [6.45, 7) is 6.74. The van der Waals surface area contributed by atoms with E-state index in [0.29, 0.717) is 6.61 Å². The maximum Gasteiger partial charge on any atom is 0.116 e. The molecule has 21 heavy (non-hydrogen) atoms. The molecule has 0 aliphatic rings. The molecule has 0 heterocycles. The maximum atomic E-state index is 6.22. The zero-order valence-corrected chi connectivity index (χ0v) is 13.0. The lowest BCUT2D eigenvalue weighted by Gasteiger charge is -2.26. The van der Waals surface area contributed by atoms with Crippen LogP contribution < -0.4 is 0 Å². The zero-order chi connectivity index (χ0) is 15.1. The van der Waals surface area contributed by atoms with Gasteiger partial charge in [0.05, 0.1) is 6.61 Å². The van der Waals surface area contributed by atoms with Crippen molar-refractivity contribution in [2.24, 2.45) is 0 Å². The second-order valence-electron chi connectivity index (χ2n) is 5.54. The molecule has 0 aliphatic heterocycles. The molecule has 0 fully saturated rings. The molecular formula is C20H22O. The van der Waals surface area contributed by atoms with Crippen molar-refractivity contribution < 1.29 is 4.74 Å². The molecule has 1 heteroatoms. The first-order chi connectivity index (χ1) is 10.1. The molecule has 1 atom stereocenters. The summed E-state index contributed by atoms with van der Waals surface area (Å²) in [5.74, 6) is 0. The van der Waals surface area contributed by atoms with Crippen molar-refractivity contribution in [2.45, 2.75) is 33.0 Å². The molecule has 0 amide bonds. The predicted octanol–water partition coefficient (Wildman–Crippen LogP) is 5.24. The van der Waals surface area contributed by atoms with E-state index >= 15 is 0 Å². The summed E-state index contributed by atoms with van der Waals surface area (Å²) in [6.07, 6.45) is 2.01. The van der Waals surface area contributed by atoms with Gasteiger partial charge in [-0.3, -0.25) is 0 Å². The van der Waals surface area contributed by atoms with Crippen LogP contribution in [-0.4, -0.2) is 0 Å². The minimum absolute atomic E-state index is 0.478. The van der Waals surface area contributed by atoms with Gasteiger partial charge in [-0.2, -0.15) is 0 Å². The van der Waals surface area contributed by atoms with Crippen LogP contribution in [0.1, 0.15) is 31.9 Å². The summed E-state index contributed by atoms with van der Waals surface area (Å²) in [5.41, 5.74) is 6.25. The largest absolute Gasteiger partial charge is 0.361 e. The van der Waals surface area contributed by atoms with Crippen molar-refractivity contribution in [2.75, 3.05) is 0 Å². The molecule has 0 spiro atoms. The minimum atomic E-state index is -0.478. The van der Waals surface area contributed by atoms with Crippen molar-refractivity contribution in [3.63, 3.8) is 0 Å². The van der Waals surface area contributed by atoms with E-state index in [-0.39, 0.29) is 0 Å². The Balaban J connectivity index is 2.26. The van der Waals surface area contributed by atoms with Gasteiger partial charge in [-0.1, -0.05) is 60.7 Å². The molecule has 108 valence electrons. The quantitative estimate of drug-likeness (QED) is 0.680. The molecule has 2 rings (SSSR count). The third-order valence-electron chi connectivity index (χ3n) is 3.36. The molecular weight excluding hydrogens is 256 g/mol. The standard InChI is InChI=1S/C20H22O/c1-17(2)14-15-20(3,19-12-8-5-9-13-19)21-16-18-10-6-4-7-11-18/h4-13,15H,16H2,1-3H3. The highest BCUT2D eigenvalue weighted by Gasteiger charge is 2.24. The van der Waals surface area contributed by atoms with Crippen LogP contribution in [0.4, 0.5) is 0 Å². The molecule has 0 aromatic heterocycles. The summed E-state index contributed by atoms with van der Waals surface area (Å²) in [4.78, 5) is 0.